The van der Waals surface area contributed by atoms with E-state index < -0.39 is 5.60 Å². The smallest absolute Gasteiger partial charge is 0.343 e. The van der Waals surface area contributed by atoms with Gasteiger partial charge in [-0.05, 0) is 31.6 Å². The first kappa shape index (κ1) is 13.6. The fourth-order valence-electron chi connectivity index (χ4n) is 3.84. The van der Waals surface area contributed by atoms with Gasteiger partial charge in [0.2, 0.25) is 0 Å². The van der Waals surface area contributed by atoms with Crippen molar-refractivity contribution in [3.05, 3.63) is 36.1 Å². The largest absolute Gasteiger partial charge is 0.424 e. The number of ether oxygens (including phenoxy) is 2. The fraction of sp³-hybridized carbons (Fsp3) is 0.562. The Morgan fingerprint density at radius 1 is 1.40 bits per heavy atom. The van der Waals surface area contributed by atoms with Gasteiger partial charge in [0.25, 0.3) is 0 Å². The van der Waals surface area contributed by atoms with E-state index in [2.05, 4.69) is 20.4 Å². The highest BCUT2D eigenvalue weighted by molar-refractivity contribution is 5.95. The molecular formula is C16H20O4. The van der Waals surface area contributed by atoms with Gasteiger partial charge in [-0.15, -0.1) is 0 Å². The molecule has 0 aromatic rings. The molecule has 0 unspecified atom stereocenters. The molecule has 0 amide bonds. The molecule has 3 aliphatic rings. The van der Waals surface area contributed by atoms with Gasteiger partial charge in [-0.2, -0.15) is 0 Å². The maximum atomic E-state index is 11.6. The summed E-state index contributed by atoms with van der Waals surface area (Å²) in [6.45, 7) is 9.80. The van der Waals surface area contributed by atoms with Crippen LogP contribution in [-0.2, 0) is 14.3 Å². The first-order valence-corrected chi connectivity index (χ1v) is 6.89. The molecular weight excluding hydrogens is 256 g/mol. The van der Waals surface area contributed by atoms with Crippen LogP contribution < -0.4 is 0 Å². The number of rotatable bonds is 2. The molecule has 4 heteroatoms. The standard InChI is InChI=1S/C16H20O4/c1-10-7-11(13(18)19-10)5-6-16-14(2,3)8-12(17)9-15(16,4)20-16/h5-7,12,17H,1,8-9H2,2-4H3/b6-5+/t12-,15+,16-/m0/s1. The molecule has 0 aromatic carbocycles. The molecule has 3 atom stereocenters. The van der Waals surface area contributed by atoms with Crippen molar-refractivity contribution in [2.24, 2.45) is 5.41 Å². The summed E-state index contributed by atoms with van der Waals surface area (Å²) in [5.41, 5.74) is -0.477. The van der Waals surface area contributed by atoms with Crippen LogP contribution in [0, 0.1) is 5.41 Å². The number of allylic oxidation sites excluding steroid dienone is 1. The number of hydrogen-bond donors (Lipinski definition) is 1. The van der Waals surface area contributed by atoms with Gasteiger partial charge in [0, 0.05) is 11.8 Å². The number of carbonyl (C=O) groups is 1. The van der Waals surface area contributed by atoms with Gasteiger partial charge >= 0.3 is 5.97 Å². The van der Waals surface area contributed by atoms with Crippen LogP contribution in [0.2, 0.25) is 0 Å². The number of aliphatic hydroxyl groups excluding tert-OH is 1. The normalized spacial score (nSPS) is 42.4. The third-order valence-electron chi connectivity index (χ3n) is 4.78. The Kier molecular flexibility index (Phi) is 2.60. The van der Waals surface area contributed by atoms with Crippen LogP contribution in [0.15, 0.2) is 36.1 Å². The van der Waals surface area contributed by atoms with Gasteiger partial charge in [-0.25, -0.2) is 4.79 Å². The lowest BCUT2D eigenvalue weighted by molar-refractivity contribution is -0.132. The van der Waals surface area contributed by atoms with Crippen molar-refractivity contribution in [1.82, 2.24) is 0 Å². The molecule has 3 rings (SSSR count). The fourth-order valence-corrected chi connectivity index (χ4v) is 3.84. The average Bonchev–Trinajstić information content (AvgIpc) is 2.76. The lowest BCUT2D eigenvalue weighted by Gasteiger charge is -2.39. The predicted molar refractivity (Wildman–Crippen MR) is 73.7 cm³/mol. The van der Waals surface area contributed by atoms with Crippen molar-refractivity contribution in [3.8, 4) is 0 Å². The number of aliphatic hydroxyl groups is 1. The molecule has 2 heterocycles. The molecule has 20 heavy (non-hydrogen) atoms. The summed E-state index contributed by atoms with van der Waals surface area (Å²) < 4.78 is 10.9. The zero-order valence-electron chi connectivity index (χ0n) is 12.1. The van der Waals surface area contributed by atoms with E-state index in [9.17, 15) is 9.90 Å². The number of carbonyl (C=O) groups excluding carboxylic acids is 1. The van der Waals surface area contributed by atoms with Gasteiger partial charge in [-0.3, -0.25) is 0 Å². The molecule has 1 saturated heterocycles. The number of hydrogen-bond acceptors (Lipinski definition) is 4. The third-order valence-corrected chi connectivity index (χ3v) is 4.78. The van der Waals surface area contributed by atoms with Gasteiger partial charge in [0.15, 0.2) is 0 Å². The van der Waals surface area contributed by atoms with Gasteiger partial charge in [-0.1, -0.05) is 20.4 Å². The summed E-state index contributed by atoms with van der Waals surface area (Å²) in [4.78, 5) is 11.6. The van der Waals surface area contributed by atoms with E-state index in [0.29, 0.717) is 24.2 Å². The lowest BCUT2D eigenvalue weighted by Crippen LogP contribution is -2.46. The van der Waals surface area contributed by atoms with E-state index in [0.717, 1.165) is 0 Å². The molecule has 1 saturated carbocycles. The topological polar surface area (TPSA) is 59.1 Å². The molecule has 108 valence electrons. The number of esters is 1. The highest BCUT2D eigenvalue weighted by atomic mass is 16.6. The quantitative estimate of drug-likeness (QED) is 0.621. The van der Waals surface area contributed by atoms with Crippen molar-refractivity contribution in [2.45, 2.75) is 50.9 Å². The first-order valence-electron chi connectivity index (χ1n) is 6.89. The van der Waals surface area contributed by atoms with Gasteiger partial charge < -0.3 is 14.6 Å². The second-order valence-electron chi connectivity index (χ2n) is 6.80. The number of fused-ring (bicyclic) bond motifs is 1. The Balaban J connectivity index is 1.89. The Labute approximate surface area is 118 Å². The van der Waals surface area contributed by atoms with Crippen LogP contribution in [0.3, 0.4) is 0 Å². The molecule has 2 aliphatic heterocycles. The monoisotopic (exact) mass is 276 g/mol. The summed E-state index contributed by atoms with van der Waals surface area (Å²) >= 11 is 0. The maximum Gasteiger partial charge on any atom is 0.343 e. The summed E-state index contributed by atoms with van der Waals surface area (Å²) in [6.07, 6.45) is 6.30. The molecule has 2 fully saturated rings. The van der Waals surface area contributed by atoms with Crippen LogP contribution in [-0.4, -0.2) is 28.4 Å². The lowest BCUT2D eigenvalue weighted by atomic mass is 9.63. The average molecular weight is 276 g/mol. The molecule has 0 aromatic heterocycles. The van der Waals surface area contributed by atoms with Crippen molar-refractivity contribution >= 4 is 5.97 Å². The Morgan fingerprint density at radius 2 is 2.10 bits per heavy atom. The minimum atomic E-state index is -0.426. The van der Waals surface area contributed by atoms with Crippen molar-refractivity contribution < 1.29 is 19.4 Å². The minimum absolute atomic E-state index is 0.185. The molecule has 0 bridgehead atoms. The van der Waals surface area contributed by atoms with Crippen LogP contribution in [0.4, 0.5) is 0 Å². The molecule has 4 nitrogen and oxygen atoms in total. The van der Waals surface area contributed by atoms with Crippen LogP contribution >= 0.6 is 0 Å². The summed E-state index contributed by atoms with van der Waals surface area (Å²) in [6, 6.07) is 0. The number of epoxide rings is 1. The van der Waals surface area contributed by atoms with E-state index in [4.69, 9.17) is 9.47 Å². The zero-order chi connectivity index (χ0) is 14.8. The Hall–Kier alpha value is -1.39. The van der Waals surface area contributed by atoms with E-state index in [-0.39, 0.29) is 23.1 Å². The SMILES string of the molecule is C=C1C=C(/C=C/[C@@]23O[C@]2(C)C[C@@H](O)CC3(C)C)C(=O)O1. The van der Waals surface area contributed by atoms with Crippen molar-refractivity contribution in [1.29, 1.82) is 0 Å². The zero-order valence-corrected chi connectivity index (χ0v) is 12.1. The maximum absolute atomic E-state index is 11.6. The molecule has 0 spiro atoms. The van der Waals surface area contributed by atoms with Gasteiger partial charge in [0.05, 0.1) is 11.7 Å². The van der Waals surface area contributed by atoms with Crippen LogP contribution in [0.5, 0.6) is 0 Å². The molecule has 1 aliphatic carbocycles. The van der Waals surface area contributed by atoms with E-state index >= 15 is 0 Å². The van der Waals surface area contributed by atoms with E-state index in [1.165, 1.54) is 0 Å². The summed E-state index contributed by atoms with van der Waals surface area (Å²) in [5.74, 6) is -0.0105. The third kappa shape index (κ3) is 1.71. The second-order valence-corrected chi connectivity index (χ2v) is 6.80. The Morgan fingerprint density at radius 3 is 2.65 bits per heavy atom. The van der Waals surface area contributed by atoms with Crippen LogP contribution in [0.1, 0.15) is 33.6 Å². The Bertz CT molecular complexity index is 557. The van der Waals surface area contributed by atoms with Crippen molar-refractivity contribution in [2.75, 3.05) is 0 Å². The summed E-state index contributed by atoms with van der Waals surface area (Å²) in [5, 5.41) is 9.98. The van der Waals surface area contributed by atoms with Crippen LogP contribution in [0.25, 0.3) is 0 Å². The second kappa shape index (κ2) is 3.83. The highest BCUT2D eigenvalue weighted by Crippen LogP contribution is 2.66. The summed E-state index contributed by atoms with van der Waals surface area (Å²) in [7, 11) is 0. The predicted octanol–water partition coefficient (Wildman–Crippen LogP) is 2.25. The highest BCUT2D eigenvalue weighted by Gasteiger charge is 2.74. The van der Waals surface area contributed by atoms with E-state index in [1.54, 1.807) is 12.2 Å². The molecule has 0 radical (unpaired) electrons. The number of cyclic esters (lactones) is 1. The van der Waals surface area contributed by atoms with Gasteiger partial charge in [0.1, 0.15) is 17.0 Å². The molecule has 1 N–H and O–H groups in total. The first-order chi connectivity index (χ1) is 9.19. The van der Waals surface area contributed by atoms with E-state index in [1.807, 2.05) is 13.0 Å². The van der Waals surface area contributed by atoms with Crippen molar-refractivity contribution in [3.63, 3.8) is 0 Å². The minimum Gasteiger partial charge on any atom is -0.424 e.